The minimum atomic E-state index is 0.780. The third kappa shape index (κ3) is 5.51. The molecule has 0 bridgehead atoms. The van der Waals surface area contributed by atoms with Crippen molar-refractivity contribution in [1.29, 1.82) is 5.26 Å². The van der Waals surface area contributed by atoms with E-state index in [9.17, 15) is 0 Å². The normalized spacial score (nSPS) is 10.5. The molecule has 92 valence electrons. The number of nitrogens with one attached hydrogen (secondary N) is 1. The molecule has 0 aromatic heterocycles. The van der Waals surface area contributed by atoms with Crippen molar-refractivity contribution in [3.63, 3.8) is 0 Å². The molecule has 0 atom stereocenters. The molecular weight excluding hydrogens is 208 g/mol. The fourth-order valence-corrected chi connectivity index (χ4v) is 1.81. The average Bonchev–Trinajstić information content (AvgIpc) is 2.33. The van der Waals surface area contributed by atoms with Gasteiger partial charge in [0.05, 0.1) is 11.6 Å². The largest absolute Gasteiger partial charge is 0.313 e. The second-order valence-electron chi connectivity index (χ2n) is 4.84. The lowest BCUT2D eigenvalue weighted by Crippen LogP contribution is -2.15. The van der Waals surface area contributed by atoms with Gasteiger partial charge in [0.15, 0.2) is 0 Å². The highest BCUT2D eigenvalue weighted by atomic mass is 14.8. The monoisotopic (exact) mass is 230 g/mol. The first-order valence-electron chi connectivity index (χ1n) is 6.42. The van der Waals surface area contributed by atoms with Crippen LogP contribution >= 0.6 is 0 Å². The van der Waals surface area contributed by atoms with Gasteiger partial charge < -0.3 is 5.32 Å². The number of nitrogens with zero attached hydrogens (tertiary/aromatic N) is 1. The zero-order chi connectivity index (χ0) is 12.5. The van der Waals surface area contributed by atoms with E-state index in [0.29, 0.717) is 0 Å². The van der Waals surface area contributed by atoms with Crippen molar-refractivity contribution in [1.82, 2.24) is 5.32 Å². The Bertz CT molecular complexity index is 363. The zero-order valence-corrected chi connectivity index (χ0v) is 10.9. The second-order valence-corrected chi connectivity index (χ2v) is 4.84. The summed E-state index contributed by atoms with van der Waals surface area (Å²) in [5.74, 6) is 0.800. The van der Waals surface area contributed by atoms with Gasteiger partial charge in [-0.25, -0.2) is 0 Å². The lowest BCUT2D eigenvalue weighted by atomic mass is 10.1. The van der Waals surface area contributed by atoms with Crippen LogP contribution < -0.4 is 5.32 Å². The fraction of sp³-hybridized carbons (Fsp3) is 0.533. The van der Waals surface area contributed by atoms with Gasteiger partial charge in [-0.05, 0) is 30.5 Å². The van der Waals surface area contributed by atoms with Gasteiger partial charge in [0.25, 0.3) is 0 Å². The van der Waals surface area contributed by atoms with E-state index in [0.717, 1.165) is 30.1 Å². The Morgan fingerprint density at radius 1 is 1.24 bits per heavy atom. The van der Waals surface area contributed by atoms with Crippen LogP contribution in [-0.2, 0) is 6.54 Å². The molecule has 0 aliphatic carbocycles. The molecule has 1 aromatic rings. The van der Waals surface area contributed by atoms with Crippen LogP contribution in [0.15, 0.2) is 24.3 Å². The summed E-state index contributed by atoms with van der Waals surface area (Å²) in [5, 5.41) is 12.3. The molecule has 0 spiro atoms. The number of hydrogen-bond donors (Lipinski definition) is 1. The van der Waals surface area contributed by atoms with Crippen molar-refractivity contribution in [2.24, 2.45) is 5.92 Å². The predicted octanol–water partition coefficient (Wildman–Crippen LogP) is 3.47. The smallest absolute Gasteiger partial charge is 0.0995 e. The van der Waals surface area contributed by atoms with Crippen molar-refractivity contribution >= 4 is 0 Å². The highest BCUT2D eigenvalue weighted by molar-refractivity contribution is 5.37. The van der Waals surface area contributed by atoms with E-state index in [-0.39, 0.29) is 0 Å². The first kappa shape index (κ1) is 13.7. The van der Waals surface area contributed by atoms with E-state index < -0.39 is 0 Å². The Morgan fingerprint density at radius 2 is 2.00 bits per heavy atom. The first-order valence-corrected chi connectivity index (χ1v) is 6.42. The summed E-state index contributed by atoms with van der Waals surface area (Å²) in [6.07, 6.45) is 3.80. The van der Waals surface area contributed by atoms with Crippen LogP contribution in [0, 0.1) is 17.2 Å². The molecule has 0 saturated heterocycles. The molecule has 1 N–H and O–H groups in total. The number of nitriles is 1. The van der Waals surface area contributed by atoms with E-state index in [1.54, 1.807) is 0 Å². The maximum Gasteiger partial charge on any atom is 0.0995 e. The second kappa shape index (κ2) is 7.86. The third-order valence-electron chi connectivity index (χ3n) is 2.84. The van der Waals surface area contributed by atoms with E-state index in [1.165, 1.54) is 19.3 Å². The van der Waals surface area contributed by atoms with Gasteiger partial charge in [0.1, 0.15) is 0 Å². The lowest BCUT2D eigenvalue weighted by Gasteiger charge is -2.07. The Balaban J connectivity index is 2.20. The summed E-state index contributed by atoms with van der Waals surface area (Å²) in [6.45, 7) is 6.35. The molecule has 0 aliphatic rings. The van der Waals surface area contributed by atoms with E-state index in [1.807, 2.05) is 24.3 Å². The molecule has 1 aromatic carbocycles. The molecule has 0 saturated carbocycles. The standard InChI is InChI=1S/C15H22N2/c1-13(2)7-5-6-10-17-12-15-9-4-3-8-14(15)11-16/h3-4,8-9,13,17H,5-7,10,12H2,1-2H3. The van der Waals surface area contributed by atoms with Gasteiger partial charge in [0.2, 0.25) is 0 Å². The Kier molecular flexibility index (Phi) is 6.35. The SMILES string of the molecule is CC(C)CCCCNCc1ccccc1C#N. The molecule has 17 heavy (non-hydrogen) atoms. The van der Waals surface area contributed by atoms with Crippen molar-refractivity contribution in [3.8, 4) is 6.07 Å². The zero-order valence-electron chi connectivity index (χ0n) is 10.9. The van der Waals surface area contributed by atoms with Gasteiger partial charge >= 0.3 is 0 Å². The molecule has 0 aliphatic heterocycles. The minimum Gasteiger partial charge on any atom is -0.313 e. The molecular formula is C15H22N2. The maximum atomic E-state index is 8.94. The summed E-state index contributed by atoms with van der Waals surface area (Å²) in [5.41, 5.74) is 1.88. The van der Waals surface area contributed by atoms with Crippen LogP contribution in [-0.4, -0.2) is 6.54 Å². The molecule has 0 radical (unpaired) electrons. The van der Waals surface area contributed by atoms with Gasteiger partial charge in [-0.15, -0.1) is 0 Å². The summed E-state index contributed by atoms with van der Waals surface area (Å²) in [6, 6.07) is 10.00. The Hall–Kier alpha value is -1.33. The summed E-state index contributed by atoms with van der Waals surface area (Å²) >= 11 is 0. The van der Waals surface area contributed by atoms with Crippen molar-refractivity contribution in [2.45, 2.75) is 39.7 Å². The van der Waals surface area contributed by atoms with Crippen LogP contribution in [0.25, 0.3) is 0 Å². The maximum absolute atomic E-state index is 8.94. The molecule has 2 nitrogen and oxygen atoms in total. The van der Waals surface area contributed by atoms with Crippen molar-refractivity contribution in [3.05, 3.63) is 35.4 Å². The minimum absolute atomic E-state index is 0.780. The highest BCUT2D eigenvalue weighted by Gasteiger charge is 1.99. The van der Waals surface area contributed by atoms with E-state index >= 15 is 0 Å². The molecule has 0 fully saturated rings. The van der Waals surface area contributed by atoms with Crippen LogP contribution in [0.5, 0.6) is 0 Å². The Morgan fingerprint density at radius 3 is 2.71 bits per heavy atom. The number of benzene rings is 1. The molecule has 0 heterocycles. The number of rotatable bonds is 7. The fourth-order valence-electron chi connectivity index (χ4n) is 1.81. The summed E-state index contributed by atoms with van der Waals surface area (Å²) < 4.78 is 0. The predicted molar refractivity (Wildman–Crippen MR) is 71.6 cm³/mol. The molecule has 1 rings (SSSR count). The molecule has 0 unspecified atom stereocenters. The topological polar surface area (TPSA) is 35.8 Å². The average molecular weight is 230 g/mol. The van der Waals surface area contributed by atoms with Gasteiger partial charge in [-0.1, -0.05) is 44.9 Å². The van der Waals surface area contributed by atoms with Crippen LogP contribution in [0.2, 0.25) is 0 Å². The highest BCUT2D eigenvalue weighted by Crippen LogP contribution is 2.07. The quantitative estimate of drug-likeness (QED) is 0.728. The van der Waals surface area contributed by atoms with Gasteiger partial charge in [-0.3, -0.25) is 0 Å². The summed E-state index contributed by atoms with van der Waals surface area (Å²) in [4.78, 5) is 0. The van der Waals surface area contributed by atoms with E-state index in [2.05, 4.69) is 25.2 Å². The Labute approximate surface area is 105 Å². The third-order valence-corrected chi connectivity index (χ3v) is 2.84. The van der Waals surface area contributed by atoms with Gasteiger partial charge in [0, 0.05) is 6.54 Å². The van der Waals surface area contributed by atoms with Crippen molar-refractivity contribution in [2.75, 3.05) is 6.54 Å². The van der Waals surface area contributed by atoms with Crippen LogP contribution in [0.4, 0.5) is 0 Å². The molecule has 2 heteroatoms. The van der Waals surface area contributed by atoms with E-state index in [4.69, 9.17) is 5.26 Å². The number of unbranched alkanes of at least 4 members (excludes halogenated alkanes) is 1. The first-order chi connectivity index (χ1) is 8.24. The van der Waals surface area contributed by atoms with Gasteiger partial charge in [-0.2, -0.15) is 5.26 Å². The summed E-state index contributed by atoms with van der Waals surface area (Å²) in [7, 11) is 0. The van der Waals surface area contributed by atoms with Crippen LogP contribution in [0.3, 0.4) is 0 Å². The van der Waals surface area contributed by atoms with Crippen LogP contribution in [0.1, 0.15) is 44.2 Å². The molecule has 0 amide bonds. The number of hydrogen-bond acceptors (Lipinski definition) is 2. The van der Waals surface area contributed by atoms with Crippen molar-refractivity contribution < 1.29 is 0 Å². The lowest BCUT2D eigenvalue weighted by molar-refractivity contribution is 0.520.